The van der Waals surface area contributed by atoms with Crippen molar-refractivity contribution in [3.05, 3.63) is 36.7 Å². The normalized spacial score (nSPS) is 16.0. The van der Waals surface area contributed by atoms with Crippen molar-refractivity contribution in [3.8, 4) is 0 Å². The molecule has 4 rings (SSSR count). The van der Waals surface area contributed by atoms with Gasteiger partial charge in [-0.3, -0.25) is 0 Å². The standard InChI is InChI=1S/C19H23N5O3S/c1-27-11-13-7-9-24(10-8-13)19-16-15(21-12-22-19)17(18(20)23-16)28(25,26)14-5-3-2-4-6-14/h2-6,12-13,23H,7-11,20H2,1H3. The van der Waals surface area contributed by atoms with E-state index in [0.29, 0.717) is 22.8 Å². The number of H-pyrrole nitrogens is 1. The molecular formula is C19H23N5O3S. The third kappa shape index (κ3) is 3.20. The highest BCUT2D eigenvalue weighted by atomic mass is 32.2. The Hall–Kier alpha value is -2.65. The van der Waals surface area contributed by atoms with Crippen LogP contribution in [0.5, 0.6) is 0 Å². The van der Waals surface area contributed by atoms with Gasteiger partial charge in [0.15, 0.2) is 5.82 Å². The highest BCUT2D eigenvalue weighted by Crippen LogP contribution is 2.36. The molecular weight excluding hydrogens is 378 g/mol. The molecule has 0 spiro atoms. The van der Waals surface area contributed by atoms with Crippen molar-refractivity contribution in [3.63, 3.8) is 0 Å². The van der Waals surface area contributed by atoms with Crippen molar-refractivity contribution in [1.82, 2.24) is 15.0 Å². The van der Waals surface area contributed by atoms with Gasteiger partial charge >= 0.3 is 0 Å². The Morgan fingerprint density at radius 3 is 2.61 bits per heavy atom. The lowest BCUT2D eigenvalue weighted by atomic mass is 9.98. The summed E-state index contributed by atoms with van der Waals surface area (Å²) in [4.78, 5) is 14.0. The highest BCUT2D eigenvalue weighted by molar-refractivity contribution is 7.92. The number of aromatic amines is 1. The predicted octanol–water partition coefficient (Wildman–Crippen LogP) is 2.24. The Morgan fingerprint density at radius 2 is 1.93 bits per heavy atom. The molecule has 1 saturated heterocycles. The number of nitrogens with zero attached hydrogens (tertiary/aromatic N) is 3. The van der Waals surface area contributed by atoms with Gasteiger partial charge in [-0.05, 0) is 30.9 Å². The summed E-state index contributed by atoms with van der Waals surface area (Å²) in [5.41, 5.74) is 6.98. The van der Waals surface area contributed by atoms with Crippen LogP contribution >= 0.6 is 0 Å². The first kappa shape index (κ1) is 18.7. The van der Waals surface area contributed by atoms with E-state index in [1.807, 2.05) is 0 Å². The van der Waals surface area contributed by atoms with Crippen LogP contribution in [0.1, 0.15) is 12.8 Å². The zero-order chi connectivity index (χ0) is 19.7. The first-order chi connectivity index (χ1) is 13.5. The molecule has 0 atom stereocenters. The summed E-state index contributed by atoms with van der Waals surface area (Å²) < 4.78 is 31.5. The Balaban J connectivity index is 1.75. The van der Waals surface area contributed by atoms with Crippen LogP contribution in [-0.2, 0) is 14.6 Å². The van der Waals surface area contributed by atoms with Crippen LogP contribution in [0.3, 0.4) is 0 Å². The van der Waals surface area contributed by atoms with Crippen molar-refractivity contribution >= 4 is 32.5 Å². The van der Waals surface area contributed by atoms with Crippen LogP contribution in [0, 0.1) is 5.92 Å². The molecule has 8 nitrogen and oxygen atoms in total. The molecule has 0 bridgehead atoms. The molecule has 0 aliphatic carbocycles. The highest BCUT2D eigenvalue weighted by Gasteiger charge is 2.29. The van der Waals surface area contributed by atoms with Crippen molar-refractivity contribution in [1.29, 1.82) is 0 Å². The fraction of sp³-hybridized carbons (Fsp3) is 0.368. The molecule has 0 unspecified atom stereocenters. The van der Waals surface area contributed by atoms with Crippen LogP contribution < -0.4 is 10.6 Å². The maximum atomic E-state index is 13.1. The largest absolute Gasteiger partial charge is 0.384 e. The number of hydrogen-bond acceptors (Lipinski definition) is 7. The summed E-state index contributed by atoms with van der Waals surface area (Å²) >= 11 is 0. The molecule has 1 aliphatic heterocycles. The molecule has 148 valence electrons. The molecule has 1 aromatic carbocycles. The van der Waals surface area contributed by atoms with Gasteiger partial charge in [-0.2, -0.15) is 0 Å². The smallest absolute Gasteiger partial charge is 0.212 e. The molecule has 2 aromatic heterocycles. The zero-order valence-electron chi connectivity index (χ0n) is 15.6. The van der Waals surface area contributed by atoms with E-state index in [-0.39, 0.29) is 15.6 Å². The first-order valence-electron chi connectivity index (χ1n) is 9.18. The Morgan fingerprint density at radius 1 is 1.21 bits per heavy atom. The lowest BCUT2D eigenvalue weighted by Crippen LogP contribution is -2.35. The molecule has 28 heavy (non-hydrogen) atoms. The van der Waals surface area contributed by atoms with Crippen molar-refractivity contribution in [2.75, 3.05) is 37.4 Å². The van der Waals surface area contributed by atoms with E-state index >= 15 is 0 Å². The lowest BCUT2D eigenvalue weighted by molar-refractivity contribution is 0.139. The van der Waals surface area contributed by atoms with E-state index in [2.05, 4.69) is 19.9 Å². The number of nitrogen functional groups attached to an aromatic ring is 1. The monoisotopic (exact) mass is 401 g/mol. The van der Waals surface area contributed by atoms with Crippen LogP contribution in [0.15, 0.2) is 46.5 Å². The molecule has 3 heterocycles. The lowest BCUT2D eigenvalue weighted by Gasteiger charge is -2.32. The summed E-state index contributed by atoms with van der Waals surface area (Å²) in [6.07, 6.45) is 3.38. The average Bonchev–Trinajstić information content (AvgIpc) is 3.06. The topological polar surface area (TPSA) is 114 Å². The number of aromatic nitrogens is 3. The number of methoxy groups -OCH3 is 1. The summed E-state index contributed by atoms with van der Waals surface area (Å²) in [7, 11) is -2.08. The molecule has 0 radical (unpaired) electrons. The summed E-state index contributed by atoms with van der Waals surface area (Å²) in [6, 6.07) is 8.24. The fourth-order valence-corrected chi connectivity index (χ4v) is 5.26. The average molecular weight is 401 g/mol. The van der Waals surface area contributed by atoms with Gasteiger partial charge in [-0.1, -0.05) is 18.2 Å². The van der Waals surface area contributed by atoms with Gasteiger partial charge in [0.05, 0.1) is 4.90 Å². The number of sulfone groups is 1. The van der Waals surface area contributed by atoms with Crippen LogP contribution in [-0.4, -0.2) is 50.2 Å². The second-order valence-electron chi connectivity index (χ2n) is 6.99. The third-order valence-corrected chi connectivity index (χ3v) is 7.03. The number of anilines is 2. The quantitative estimate of drug-likeness (QED) is 0.674. The van der Waals surface area contributed by atoms with E-state index in [4.69, 9.17) is 10.5 Å². The maximum absolute atomic E-state index is 13.1. The second-order valence-corrected chi connectivity index (χ2v) is 8.88. The minimum Gasteiger partial charge on any atom is -0.384 e. The minimum absolute atomic E-state index is 0.00613. The van der Waals surface area contributed by atoms with Crippen molar-refractivity contribution in [2.24, 2.45) is 5.92 Å². The van der Waals surface area contributed by atoms with Crippen LogP contribution in [0.4, 0.5) is 11.6 Å². The number of piperidine rings is 1. The van der Waals surface area contributed by atoms with Crippen molar-refractivity contribution in [2.45, 2.75) is 22.6 Å². The van der Waals surface area contributed by atoms with Gasteiger partial charge in [0, 0.05) is 26.8 Å². The number of fused-ring (bicyclic) bond motifs is 1. The van der Waals surface area contributed by atoms with Gasteiger partial charge in [0.1, 0.15) is 28.1 Å². The number of rotatable bonds is 5. The number of benzene rings is 1. The van der Waals surface area contributed by atoms with E-state index in [1.165, 1.54) is 6.33 Å². The van der Waals surface area contributed by atoms with Crippen LogP contribution in [0.2, 0.25) is 0 Å². The van der Waals surface area contributed by atoms with Crippen molar-refractivity contribution < 1.29 is 13.2 Å². The molecule has 3 aromatic rings. The number of hydrogen-bond donors (Lipinski definition) is 2. The Labute approximate surface area is 163 Å². The summed E-state index contributed by atoms with van der Waals surface area (Å²) in [5, 5.41) is 0. The fourth-order valence-electron chi connectivity index (χ4n) is 3.76. The summed E-state index contributed by atoms with van der Waals surface area (Å²) in [5.74, 6) is 1.29. The number of nitrogens with two attached hydrogens (primary N) is 1. The molecule has 0 saturated carbocycles. The third-order valence-electron chi connectivity index (χ3n) is 5.19. The van der Waals surface area contributed by atoms with Gasteiger partial charge in [0.2, 0.25) is 9.84 Å². The summed E-state index contributed by atoms with van der Waals surface area (Å²) in [6.45, 7) is 2.39. The van der Waals surface area contributed by atoms with E-state index in [9.17, 15) is 8.42 Å². The number of ether oxygens (including phenoxy) is 1. The molecule has 0 amide bonds. The van der Waals surface area contributed by atoms with Gasteiger partial charge in [-0.25, -0.2) is 18.4 Å². The zero-order valence-corrected chi connectivity index (χ0v) is 16.4. The first-order valence-corrected chi connectivity index (χ1v) is 10.7. The molecule has 1 fully saturated rings. The minimum atomic E-state index is -3.80. The van der Waals surface area contributed by atoms with Gasteiger partial charge < -0.3 is 20.4 Å². The Bertz CT molecular complexity index is 1070. The second kappa shape index (κ2) is 7.40. The van der Waals surface area contributed by atoms with Crippen LogP contribution in [0.25, 0.3) is 11.0 Å². The molecule has 9 heteroatoms. The van der Waals surface area contributed by atoms with E-state index in [1.54, 1.807) is 37.4 Å². The van der Waals surface area contributed by atoms with E-state index < -0.39 is 9.84 Å². The SMILES string of the molecule is COCC1CCN(c2ncnc3c(S(=O)(=O)c4ccccc4)c(N)[nH]c23)CC1. The molecule has 3 N–H and O–H groups in total. The predicted molar refractivity (Wildman–Crippen MR) is 107 cm³/mol. The van der Waals surface area contributed by atoms with E-state index in [0.717, 1.165) is 32.5 Å². The Kier molecular flexibility index (Phi) is 4.94. The van der Waals surface area contributed by atoms with Gasteiger partial charge in [-0.15, -0.1) is 0 Å². The maximum Gasteiger partial charge on any atom is 0.212 e. The molecule has 1 aliphatic rings. The van der Waals surface area contributed by atoms with Gasteiger partial charge in [0.25, 0.3) is 0 Å². The number of nitrogens with one attached hydrogen (secondary N) is 1.